The smallest absolute Gasteiger partial charge is 0.262 e. The van der Waals surface area contributed by atoms with E-state index in [2.05, 4.69) is 4.98 Å². The van der Waals surface area contributed by atoms with Gasteiger partial charge in [-0.15, -0.1) is 0 Å². The average molecular weight is 290 g/mol. The molecule has 2 heterocycles. The molecule has 1 aliphatic heterocycles. The minimum absolute atomic E-state index is 0.0768. The maximum atomic E-state index is 12.5. The van der Waals surface area contributed by atoms with Crippen LogP contribution in [0.4, 0.5) is 0 Å². The molecule has 0 aromatic carbocycles. The predicted molar refractivity (Wildman–Crippen MR) is 69.8 cm³/mol. The van der Waals surface area contributed by atoms with E-state index in [1.807, 2.05) is 0 Å². The van der Waals surface area contributed by atoms with E-state index in [9.17, 15) is 8.42 Å². The third kappa shape index (κ3) is 2.51. The fourth-order valence-corrected chi connectivity index (χ4v) is 4.30. The molecule has 18 heavy (non-hydrogen) atoms. The highest BCUT2D eigenvalue weighted by atomic mass is 35.5. The van der Waals surface area contributed by atoms with E-state index < -0.39 is 10.0 Å². The van der Waals surface area contributed by atoms with Crippen LogP contribution in [-0.2, 0) is 10.0 Å². The molecule has 0 amide bonds. The number of aromatic nitrogens is 1. The lowest BCUT2D eigenvalue weighted by Crippen LogP contribution is -2.47. The van der Waals surface area contributed by atoms with Crippen LogP contribution in [0, 0.1) is 0 Å². The molecular weight excluding hydrogens is 274 g/mol. The highest BCUT2D eigenvalue weighted by molar-refractivity contribution is 7.89. The summed E-state index contributed by atoms with van der Waals surface area (Å²) in [5, 5.41) is 0.0749. The lowest BCUT2D eigenvalue weighted by molar-refractivity contribution is 0.257. The lowest BCUT2D eigenvalue weighted by atomic mass is 10.1. The Kier molecular flexibility index (Phi) is 4.21. The Balaban J connectivity index is 2.39. The molecule has 5 nitrogen and oxygen atoms in total. The maximum absolute atomic E-state index is 12.5. The van der Waals surface area contributed by atoms with E-state index in [0.717, 1.165) is 19.3 Å². The van der Waals surface area contributed by atoms with Gasteiger partial charge in [0.1, 0.15) is 0 Å². The first-order valence-corrected chi connectivity index (χ1v) is 7.71. The number of hydrogen-bond acceptors (Lipinski definition) is 4. The van der Waals surface area contributed by atoms with E-state index in [4.69, 9.17) is 17.3 Å². The van der Waals surface area contributed by atoms with Crippen molar-refractivity contribution in [2.24, 2.45) is 5.73 Å². The fourth-order valence-electron chi connectivity index (χ4n) is 2.20. The molecule has 0 bridgehead atoms. The molecule has 1 atom stereocenters. The van der Waals surface area contributed by atoms with Gasteiger partial charge in [0.25, 0.3) is 10.0 Å². The molecule has 0 saturated carbocycles. The van der Waals surface area contributed by atoms with Gasteiger partial charge in [0.05, 0.1) is 5.02 Å². The molecule has 1 aromatic heterocycles. The Bertz CT molecular complexity index is 521. The highest BCUT2D eigenvalue weighted by Gasteiger charge is 2.34. The van der Waals surface area contributed by atoms with Crippen molar-refractivity contribution in [1.29, 1.82) is 0 Å². The van der Waals surface area contributed by atoms with Crippen LogP contribution in [0.5, 0.6) is 0 Å². The van der Waals surface area contributed by atoms with E-state index in [0.29, 0.717) is 13.1 Å². The number of rotatable bonds is 3. The molecule has 7 heteroatoms. The van der Waals surface area contributed by atoms with Gasteiger partial charge in [-0.3, -0.25) is 0 Å². The summed E-state index contributed by atoms with van der Waals surface area (Å²) in [6, 6.07) is 2.99. The van der Waals surface area contributed by atoms with Gasteiger partial charge >= 0.3 is 0 Å². The summed E-state index contributed by atoms with van der Waals surface area (Å²) >= 11 is 5.92. The molecule has 1 saturated heterocycles. The summed E-state index contributed by atoms with van der Waals surface area (Å²) in [4.78, 5) is 3.89. The Hall–Kier alpha value is -0.690. The zero-order chi connectivity index (χ0) is 13.2. The Morgan fingerprint density at radius 3 is 2.94 bits per heavy atom. The molecular formula is C11H16ClN3O2S. The van der Waals surface area contributed by atoms with Crippen LogP contribution in [0.1, 0.15) is 19.3 Å². The van der Waals surface area contributed by atoms with E-state index in [1.165, 1.54) is 16.6 Å². The van der Waals surface area contributed by atoms with Crippen LogP contribution in [0.15, 0.2) is 23.4 Å². The largest absolute Gasteiger partial charge is 0.329 e. The van der Waals surface area contributed by atoms with Crippen molar-refractivity contribution < 1.29 is 8.42 Å². The van der Waals surface area contributed by atoms with E-state index >= 15 is 0 Å². The second kappa shape index (κ2) is 5.52. The quantitative estimate of drug-likeness (QED) is 0.908. The van der Waals surface area contributed by atoms with Crippen molar-refractivity contribution in [1.82, 2.24) is 9.29 Å². The number of hydrogen-bond donors (Lipinski definition) is 1. The van der Waals surface area contributed by atoms with Crippen LogP contribution in [0.25, 0.3) is 0 Å². The average Bonchev–Trinajstić information content (AvgIpc) is 2.39. The fraction of sp³-hybridized carbons (Fsp3) is 0.545. The van der Waals surface area contributed by atoms with Crippen molar-refractivity contribution in [2.45, 2.75) is 30.3 Å². The third-order valence-electron chi connectivity index (χ3n) is 3.12. The van der Waals surface area contributed by atoms with Gasteiger partial charge in [-0.1, -0.05) is 18.0 Å². The molecule has 1 aromatic rings. The van der Waals surface area contributed by atoms with Crippen molar-refractivity contribution in [3.63, 3.8) is 0 Å². The standard InChI is InChI=1S/C11H16ClN3O2S/c12-10-5-3-6-14-11(10)18(16,17)15-7-2-1-4-9(15)8-13/h3,5-6,9H,1-2,4,7-8,13H2/t9-/m0/s1. The van der Waals surface area contributed by atoms with Crippen LogP contribution in [0.3, 0.4) is 0 Å². The molecule has 0 spiro atoms. The van der Waals surface area contributed by atoms with Crippen LogP contribution in [-0.4, -0.2) is 36.8 Å². The molecule has 0 aliphatic carbocycles. The van der Waals surface area contributed by atoms with Crippen molar-refractivity contribution in [2.75, 3.05) is 13.1 Å². The van der Waals surface area contributed by atoms with Crippen molar-refractivity contribution >= 4 is 21.6 Å². The van der Waals surface area contributed by atoms with Gasteiger partial charge in [0.2, 0.25) is 0 Å². The number of halogens is 1. The van der Waals surface area contributed by atoms with Gasteiger partial charge in [-0.05, 0) is 25.0 Å². The predicted octanol–water partition coefficient (Wildman–Crippen LogP) is 1.24. The Morgan fingerprint density at radius 1 is 1.50 bits per heavy atom. The molecule has 0 unspecified atom stereocenters. The number of piperidine rings is 1. The van der Waals surface area contributed by atoms with Gasteiger partial charge in [0, 0.05) is 25.3 Å². The highest BCUT2D eigenvalue weighted by Crippen LogP contribution is 2.27. The number of pyridine rings is 1. The molecule has 2 N–H and O–H groups in total. The second-order valence-corrected chi connectivity index (χ2v) is 6.50. The van der Waals surface area contributed by atoms with Crippen LogP contribution >= 0.6 is 11.6 Å². The summed E-state index contributed by atoms with van der Waals surface area (Å²) in [5.41, 5.74) is 5.65. The lowest BCUT2D eigenvalue weighted by Gasteiger charge is -2.33. The first-order chi connectivity index (χ1) is 8.57. The third-order valence-corrected chi connectivity index (χ3v) is 5.45. The second-order valence-electron chi connectivity index (χ2n) is 4.29. The van der Waals surface area contributed by atoms with Gasteiger partial charge in [-0.25, -0.2) is 13.4 Å². The topological polar surface area (TPSA) is 76.3 Å². The normalized spacial score (nSPS) is 22.0. The summed E-state index contributed by atoms with van der Waals surface area (Å²) in [6.45, 7) is 0.806. The summed E-state index contributed by atoms with van der Waals surface area (Å²) < 4.78 is 26.4. The first-order valence-electron chi connectivity index (χ1n) is 5.90. The zero-order valence-corrected chi connectivity index (χ0v) is 11.5. The van der Waals surface area contributed by atoms with Gasteiger partial charge in [0.15, 0.2) is 5.03 Å². The molecule has 2 rings (SSSR count). The maximum Gasteiger partial charge on any atom is 0.262 e. The van der Waals surface area contributed by atoms with E-state index in [1.54, 1.807) is 6.07 Å². The molecule has 0 radical (unpaired) electrons. The molecule has 1 fully saturated rings. The Labute approximate surface area is 112 Å². The summed E-state index contributed by atoms with van der Waals surface area (Å²) in [7, 11) is -3.64. The molecule has 1 aliphatic rings. The zero-order valence-electron chi connectivity index (χ0n) is 9.92. The first kappa shape index (κ1) is 13.7. The minimum Gasteiger partial charge on any atom is -0.329 e. The number of sulfonamides is 1. The van der Waals surface area contributed by atoms with Gasteiger partial charge in [-0.2, -0.15) is 4.31 Å². The van der Waals surface area contributed by atoms with Crippen molar-refractivity contribution in [3.8, 4) is 0 Å². The van der Waals surface area contributed by atoms with Crippen LogP contribution < -0.4 is 5.73 Å². The van der Waals surface area contributed by atoms with Gasteiger partial charge < -0.3 is 5.73 Å². The van der Waals surface area contributed by atoms with E-state index in [-0.39, 0.29) is 16.1 Å². The summed E-state index contributed by atoms with van der Waals surface area (Å²) in [6.07, 6.45) is 4.07. The minimum atomic E-state index is -3.64. The van der Waals surface area contributed by atoms with Crippen molar-refractivity contribution in [3.05, 3.63) is 23.4 Å². The monoisotopic (exact) mass is 289 g/mol. The SMILES string of the molecule is NC[C@@H]1CCCCN1S(=O)(=O)c1ncccc1Cl. The van der Waals surface area contributed by atoms with Crippen LogP contribution in [0.2, 0.25) is 5.02 Å². The molecule has 100 valence electrons. The Morgan fingerprint density at radius 2 is 2.28 bits per heavy atom. The number of nitrogens with two attached hydrogens (primary N) is 1. The number of nitrogens with zero attached hydrogens (tertiary/aromatic N) is 2. The summed E-state index contributed by atoms with van der Waals surface area (Å²) in [5.74, 6) is 0.